The lowest BCUT2D eigenvalue weighted by atomic mass is 9.72. The average molecular weight is 444 g/mol. The Labute approximate surface area is 185 Å². The lowest BCUT2D eigenvalue weighted by Crippen LogP contribution is -2.68. The molecule has 10 heteroatoms. The van der Waals surface area contributed by atoms with Gasteiger partial charge >= 0.3 is 0 Å². The molecule has 0 aliphatic carbocycles. The van der Waals surface area contributed by atoms with Crippen molar-refractivity contribution in [2.24, 2.45) is 11.8 Å². The summed E-state index contributed by atoms with van der Waals surface area (Å²) in [5, 5.41) is 17.8. The van der Waals surface area contributed by atoms with Crippen LogP contribution in [0.1, 0.15) is 43.2 Å². The van der Waals surface area contributed by atoms with E-state index in [1.807, 2.05) is 29.6 Å². The van der Waals surface area contributed by atoms with Gasteiger partial charge in [-0.25, -0.2) is 0 Å². The molecule has 2 aromatic rings. The second-order valence-corrected chi connectivity index (χ2v) is 10.1. The molecule has 3 fully saturated rings. The quantitative estimate of drug-likeness (QED) is 0.754. The van der Waals surface area contributed by atoms with Crippen molar-refractivity contribution in [3.05, 3.63) is 23.0 Å². The van der Waals surface area contributed by atoms with Gasteiger partial charge in [-0.05, 0) is 39.0 Å². The molecule has 0 aromatic carbocycles. The molecular formula is C21H29N7O2S. The molecule has 9 nitrogen and oxygen atoms in total. The Balaban J connectivity index is 1.38. The van der Waals surface area contributed by atoms with E-state index in [9.17, 15) is 9.59 Å². The number of aryl methyl sites for hydroxylation is 2. The molecule has 4 atom stereocenters. The molecule has 0 spiro atoms. The van der Waals surface area contributed by atoms with Crippen LogP contribution in [0.15, 0.2) is 12.4 Å². The van der Waals surface area contributed by atoms with Crippen LogP contribution in [0, 0.1) is 18.8 Å². The number of hydrogen-bond acceptors (Lipinski definition) is 7. The molecule has 0 saturated carbocycles. The Morgan fingerprint density at radius 2 is 2.13 bits per heavy atom. The zero-order valence-corrected chi connectivity index (χ0v) is 18.8. The maximum atomic E-state index is 13.4. The van der Waals surface area contributed by atoms with Crippen molar-refractivity contribution in [2.75, 3.05) is 18.0 Å². The number of carbonyl (C=O) groups is 2. The molecule has 2 bridgehead atoms. The number of nitrogens with zero attached hydrogens (tertiary/aromatic N) is 6. The van der Waals surface area contributed by atoms with Crippen LogP contribution in [0.25, 0.3) is 0 Å². The normalized spacial score (nSPS) is 27.9. The first-order valence-electron chi connectivity index (χ1n) is 11.2. The molecule has 31 heavy (non-hydrogen) atoms. The second-order valence-electron chi connectivity index (χ2n) is 8.89. The summed E-state index contributed by atoms with van der Waals surface area (Å²) in [5.41, 5.74) is 0.972. The molecule has 3 aliphatic rings. The summed E-state index contributed by atoms with van der Waals surface area (Å²) in [6, 6.07) is -0.292. The lowest BCUT2D eigenvalue weighted by Gasteiger charge is -2.55. The predicted octanol–water partition coefficient (Wildman–Crippen LogP) is 1.59. The van der Waals surface area contributed by atoms with E-state index in [-0.39, 0.29) is 23.8 Å². The van der Waals surface area contributed by atoms with Crippen molar-refractivity contribution in [1.29, 1.82) is 0 Å². The van der Waals surface area contributed by atoms with Gasteiger partial charge in [-0.2, -0.15) is 5.10 Å². The largest absolute Gasteiger partial charge is 0.350 e. The van der Waals surface area contributed by atoms with Crippen molar-refractivity contribution in [1.82, 2.24) is 30.2 Å². The molecular weight excluding hydrogens is 414 g/mol. The van der Waals surface area contributed by atoms with Crippen LogP contribution in [0.3, 0.4) is 0 Å². The molecule has 2 aromatic heterocycles. The first-order valence-corrected chi connectivity index (χ1v) is 12.0. The van der Waals surface area contributed by atoms with Gasteiger partial charge < -0.3 is 15.1 Å². The molecule has 5 rings (SSSR count). The predicted molar refractivity (Wildman–Crippen MR) is 116 cm³/mol. The number of piperidine rings is 3. The lowest BCUT2D eigenvalue weighted by molar-refractivity contribution is -0.156. The van der Waals surface area contributed by atoms with E-state index in [1.165, 1.54) is 0 Å². The summed E-state index contributed by atoms with van der Waals surface area (Å²) in [4.78, 5) is 30.6. The smallest absolute Gasteiger partial charge is 0.243 e. The fourth-order valence-electron chi connectivity index (χ4n) is 5.53. The zero-order valence-electron chi connectivity index (χ0n) is 18.0. The highest BCUT2D eigenvalue weighted by Gasteiger charge is 2.52. The summed E-state index contributed by atoms with van der Waals surface area (Å²) in [6.07, 6.45) is 7.14. The summed E-state index contributed by atoms with van der Waals surface area (Å²) >= 11 is 1.60. The van der Waals surface area contributed by atoms with Gasteiger partial charge in [0.15, 0.2) is 0 Å². The van der Waals surface area contributed by atoms with Crippen molar-refractivity contribution >= 4 is 28.3 Å². The van der Waals surface area contributed by atoms with Gasteiger partial charge in [0.2, 0.25) is 16.9 Å². The number of anilines is 1. The molecule has 1 N–H and O–H groups in total. The SMILES string of the molecule is CCn1cc(CNC(=O)[C@H]2[C@@H]3C[C@@H](CN(c4nnc(C)s4)C3)[C@@H]3CCCC(=O)N32)cn1. The standard InChI is InChI=1S/C21H29N7O2S/c1-3-27-10-14(9-23-27)8-22-20(30)19-16-7-15(17-5-4-6-18(29)28(17)19)11-26(12-16)21-25-24-13(2)31-21/h9-10,15-17,19H,3-8,11-12H2,1-2H3,(H,22,30)/t15-,16+,17-,19+/m0/s1. The van der Waals surface area contributed by atoms with E-state index in [0.717, 1.165) is 54.6 Å². The van der Waals surface area contributed by atoms with Crippen LogP contribution in [0.4, 0.5) is 5.13 Å². The first kappa shape index (κ1) is 20.4. The van der Waals surface area contributed by atoms with Crippen LogP contribution >= 0.6 is 11.3 Å². The first-order chi connectivity index (χ1) is 15.0. The number of aromatic nitrogens is 4. The topological polar surface area (TPSA) is 96.2 Å². The van der Waals surface area contributed by atoms with Crippen molar-refractivity contribution in [3.8, 4) is 0 Å². The number of amides is 2. The third-order valence-corrected chi connectivity index (χ3v) is 7.77. The number of rotatable bonds is 5. The minimum atomic E-state index is -0.424. The summed E-state index contributed by atoms with van der Waals surface area (Å²) in [7, 11) is 0. The van der Waals surface area contributed by atoms with E-state index < -0.39 is 6.04 Å². The monoisotopic (exact) mass is 443 g/mol. The Bertz CT molecular complexity index is 973. The maximum absolute atomic E-state index is 13.4. The molecule has 2 amide bonds. The fraction of sp³-hybridized carbons (Fsp3) is 0.667. The summed E-state index contributed by atoms with van der Waals surface area (Å²) < 4.78 is 1.85. The molecule has 0 unspecified atom stereocenters. The molecule has 0 radical (unpaired) electrons. The van der Waals surface area contributed by atoms with Gasteiger partial charge in [-0.1, -0.05) is 11.3 Å². The van der Waals surface area contributed by atoms with Crippen molar-refractivity contribution in [2.45, 2.75) is 64.7 Å². The average Bonchev–Trinajstić information content (AvgIpc) is 3.41. The molecule has 5 heterocycles. The van der Waals surface area contributed by atoms with Gasteiger partial charge in [0.05, 0.1) is 6.20 Å². The van der Waals surface area contributed by atoms with E-state index >= 15 is 0 Å². The van der Waals surface area contributed by atoms with Gasteiger partial charge in [0.1, 0.15) is 11.0 Å². The van der Waals surface area contributed by atoms with Crippen LogP contribution in [0.5, 0.6) is 0 Å². The summed E-state index contributed by atoms with van der Waals surface area (Å²) in [5.74, 6) is 0.548. The highest BCUT2D eigenvalue weighted by Crippen LogP contribution is 2.43. The third-order valence-electron chi connectivity index (χ3n) is 6.87. The van der Waals surface area contributed by atoms with E-state index in [1.54, 1.807) is 17.5 Å². The van der Waals surface area contributed by atoms with E-state index in [4.69, 9.17) is 0 Å². The number of hydrogen-bond donors (Lipinski definition) is 1. The molecule has 3 aliphatic heterocycles. The third kappa shape index (κ3) is 3.81. The number of carbonyl (C=O) groups excluding carboxylic acids is 2. The van der Waals surface area contributed by atoms with Gasteiger partial charge in [-0.15, -0.1) is 10.2 Å². The Hall–Kier alpha value is -2.49. The Morgan fingerprint density at radius 3 is 2.87 bits per heavy atom. The van der Waals surface area contributed by atoms with Crippen LogP contribution in [-0.2, 0) is 22.7 Å². The van der Waals surface area contributed by atoms with E-state index in [0.29, 0.717) is 18.9 Å². The maximum Gasteiger partial charge on any atom is 0.243 e. The van der Waals surface area contributed by atoms with Gasteiger partial charge in [0, 0.05) is 56.3 Å². The highest BCUT2D eigenvalue weighted by molar-refractivity contribution is 7.15. The minimum Gasteiger partial charge on any atom is -0.350 e. The minimum absolute atomic E-state index is 0.0526. The van der Waals surface area contributed by atoms with Crippen LogP contribution in [0.2, 0.25) is 0 Å². The number of nitrogens with one attached hydrogen (secondary N) is 1. The Morgan fingerprint density at radius 1 is 1.29 bits per heavy atom. The highest BCUT2D eigenvalue weighted by atomic mass is 32.1. The van der Waals surface area contributed by atoms with E-state index in [2.05, 4.69) is 25.5 Å². The van der Waals surface area contributed by atoms with Gasteiger partial charge in [0.25, 0.3) is 0 Å². The van der Waals surface area contributed by atoms with Crippen LogP contribution < -0.4 is 10.2 Å². The van der Waals surface area contributed by atoms with Crippen molar-refractivity contribution < 1.29 is 9.59 Å². The summed E-state index contributed by atoms with van der Waals surface area (Å²) in [6.45, 7) is 6.83. The fourth-order valence-corrected chi connectivity index (χ4v) is 6.23. The number of fused-ring (bicyclic) bond motifs is 4. The molecule has 3 saturated heterocycles. The zero-order chi connectivity index (χ0) is 21.5. The van der Waals surface area contributed by atoms with Crippen LogP contribution in [-0.4, -0.2) is 61.9 Å². The van der Waals surface area contributed by atoms with Gasteiger partial charge in [-0.3, -0.25) is 14.3 Å². The molecule has 166 valence electrons. The Kier molecular flexibility index (Phi) is 5.41. The second kappa shape index (κ2) is 8.22. The van der Waals surface area contributed by atoms with Crippen molar-refractivity contribution in [3.63, 3.8) is 0 Å².